The summed E-state index contributed by atoms with van der Waals surface area (Å²) in [5.74, 6) is 0.332. The summed E-state index contributed by atoms with van der Waals surface area (Å²) in [4.78, 5) is 17.1. The molecule has 1 fully saturated rings. The van der Waals surface area contributed by atoms with Gasteiger partial charge in [0.2, 0.25) is 5.91 Å². The van der Waals surface area contributed by atoms with Crippen molar-refractivity contribution in [2.75, 3.05) is 11.4 Å². The van der Waals surface area contributed by atoms with Crippen LogP contribution in [0.3, 0.4) is 0 Å². The smallest absolute Gasteiger partial charge is 0.229 e. The Morgan fingerprint density at radius 3 is 3.07 bits per heavy atom. The lowest BCUT2D eigenvalue weighted by molar-refractivity contribution is -0.117. The van der Waals surface area contributed by atoms with Crippen LogP contribution < -0.4 is 4.90 Å². The fourth-order valence-corrected chi connectivity index (χ4v) is 1.84. The van der Waals surface area contributed by atoms with Crippen molar-refractivity contribution < 1.29 is 4.79 Å². The van der Waals surface area contributed by atoms with Gasteiger partial charge in [0, 0.05) is 19.2 Å². The van der Waals surface area contributed by atoms with Gasteiger partial charge in [0.05, 0.1) is 10.9 Å². The highest BCUT2D eigenvalue weighted by atomic mass is 35.5. The molecule has 1 aromatic heterocycles. The third kappa shape index (κ3) is 1.79. The lowest BCUT2D eigenvalue weighted by Crippen LogP contribution is -2.26. The third-order valence-corrected chi connectivity index (χ3v) is 2.53. The first-order valence-corrected chi connectivity index (χ1v) is 4.95. The monoisotopic (exact) mass is 221 g/mol. The van der Waals surface area contributed by atoms with Crippen LogP contribution in [0.2, 0.25) is 0 Å². The van der Waals surface area contributed by atoms with E-state index in [1.807, 2.05) is 6.07 Å². The van der Waals surface area contributed by atoms with E-state index in [1.165, 1.54) is 4.90 Å². The Labute approximate surface area is 92.1 Å². The Morgan fingerprint density at radius 2 is 2.47 bits per heavy atom. The van der Waals surface area contributed by atoms with Gasteiger partial charge in [-0.15, -0.1) is 11.6 Å². The molecule has 0 bridgehead atoms. The molecule has 2 heterocycles. The summed E-state index contributed by atoms with van der Waals surface area (Å²) < 4.78 is 0. The Balaban J connectivity index is 2.38. The van der Waals surface area contributed by atoms with Gasteiger partial charge in [-0.3, -0.25) is 9.69 Å². The van der Waals surface area contributed by atoms with E-state index in [-0.39, 0.29) is 11.3 Å². The van der Waals surface area contributed by atoms with E-state index in [4.69, 9.17) is 16.9 Å². The molecule has 1 unspecified atom stereocenters. The minimum atomic E-state index is -0.189. The number of anilines is 1. The highest BCUT2D eigenvalue weighted by Gasteiger charge is 2.31. The molecule has 0 N–H and O–H groups in total. The molecule has 1 aromatic rings. The Bertz CT molecular complexity index is 441. The normalized spacial score (nSPS) is 20.4. The van der Waals surface area contributed by atoms with Gasteiger partial charge < -0.3 is 0 Å². The average molecular weight is 222 g/mol. The lowest BCUT2D eigenvalue weighted by atomic mass is 10.2. The van der Waals surface area contributed by atoms with Crippen molar-refractivity contribution >= 4 is 23.3 Å². The molecule has 15 heavy (non-hydrogen) atoms. The second-order valence-corrected chi connectivity index (χ2v) is 3.91. The molecule has 0 saturated carbocycles. The Hall–Kier alpha value is -1.60. The highest BCUT2D eigenvalue weighted by molar-refractivity contribution is 6.24. The van der Waals surface area contributed by atoms with Crippen LogP contribution in [0.5, 0.6) is 0 Å². The minimum absolute atomic E-state index is 0.0785. The summed E-state index contributed by atoms with van der Waals surface area (Å²) >= 11 is 5.87. The summed E-state index contributed by atoms with van der Waals surface area (Å²) in [6, 6.07) is 5.31. The number of amides is 1. The van der Waals surface area contributed by atoms with E-state index in [0.717, 1.165) is 0 Å². The van der Waals surface area contributed by atoms with Crippen molar-refractivity contribution in [2.45, 2.75) is 11.8 Å². The first-order valence-electron chi connectivity index (χ1n) is 4.52. The van der Waals surface area contributed by atoms with Crippen LogP contribution in [0.1, 0.15) is 12.0 Å². The zero-order valence-electron chi connectivity index (χ0n) is 7.85. The van der Waals surface area contributed by atoms with Crippen LogP contribution in [0.15, 0.2) is 18.3 Å². The molecule has 1 atom stereocenters. The predicted octanol–water partition coefficient (Wildman–Crippen LogP) is 1.30. The molecule has 0 spiro atoms. The van der Waals surface area contributed by atoms with Crippen molar-refractivity contribution in [2.24, 2.45) is 0 Å². The molecular formula is C10H8ClN3O. The van der Waals surface area contributed by atoms with Crippen LogP contribution in [-0.2, 0) is 4.79 Å². The van der Waals surface area contributed by atoms with E-state index >= 15 is 0 Å². The zero-order valence-corrected chi connectivity index (χ0v) is 8.61. The lowest BCUT2D eigenvalue weighted by Gasteiger charge is -2.15. The highest BCUT2D eigenvalue weighted by Crippen LogP contribution is 2.24. The number of hydrogen-bond donors (Lipinski definition) is 0. The molecule has 2 rings (SSSR count). The maximum atomic E-state index is 11.5. The topological polar surface area (TPSA) is 57.0 Å². The molecule has 76 valence electrons. The number of halogens is 1. The molecular weight excluding hydrogens is 214 g/mol. The minimum Gasteiger partial charge on any atom is -0.294 e. The summed E-state index contributed by atoms with van der Waals surface area (Å²) in [6.07, 6.45) is 1.87. The molecule has 5 heteroatoms. The maximum Gasteiger partial charge on any atom is 0.229 e. The number of aromatic nitrogens is 1. The molecule has 1 amide bonds. The molecule has 0 aliphatic carbocycles. The summed E-state index contributed by atoms with van der Waals surface area (Å²) in [5.41, 5.74) is 0.400. The fraction of sp³-hybridized carbons (Fsp3) is 0.300. The van der Waals surface area contributed by atoms with E-state index < -0.39 is 0 Å². The first-order chi connectivity index (χ1) is 7.22. The standard InChI is InChI=1S/C10H8ClN3O/c11-8-4-9(15)14(6-8)10-7(5-12)2-1-3-13-10/h1-3,8H,4,6H2. The van der Waals surface area contributed by atoms with Gasteiger partial charge >= 0.3 is 0 Å². The summed E-state index contributed by atoms with van der Waals surface area (Å²) in [5, 5.41) is 8.68. The second kappa shape index (κ2) is 3.87. The zero-order chi connectivity index (χ0) is 10.8. The largest absolute Gasteiger partial charge is 0.294 e. The maximum absolute atomic E-state index is 11.5. The Kier molecular flexibility index (Phi) is 2.57. The summed E-state index contributed by atoms with van der Waals surface area (Å²) in [7, 11) is 0. The first kappa shape index (κ1) is 9.94. The van der Waals surface area contributed by atoms with Crippen LogP contribution in [0, 0.1) is 11.3 Å². The number of nitriles is 1. The second-order valence-electron chi connectivity index (χ2n) is 3.29. The van der Waals surface area contributed by atoms with Crippen LogP contribution in [0.4, 0.5) is 5.82 Å². The van der Waals surface area contributed by atoms with Gasteiger partial charge in [0.15, 0.2) is 5.82 Å². The van der Waals surface area contributed by atoms with Crippen molar-refractivity contribution in [3.8, 4) is 6.07 Å². The number of nitrogens with zero attached hydrogens (tertiary/aromatic N) is 3. The summed E-state index contributed by atoms with van der Waals surface area (Å²) in [6.45, 7) is 0.423. The number of pyridine rings is 1. The Morgan fingerprint density at radius 1 is 1.67 bits per heavy atom. The number of rotatable bonds is 1. The third-order valence-electron chi connectivity index (χ3n) is 2.24. The van der Waals surface area contributed by atoms with Gasteiger partial charge in [0.25, 0.3) is 0 Å². The van der Waals surface area contributed by atoms with Gasteiger partial charge in [-0.25, -0.2) is 4.98 Å². The molecule has 4 nitrogen and oxygen atoms in total. The van der Waals surface area contributed by atoms with Gasteiger partial charge in [-0.2, -0.15) is 5.26 Å². The van der Waals surface area contributed by atoms with Crippen molar-refractivity contribution in [1.82, 2.24) is 4.98 Å². The predicted molar refractivity (Wildman–Crippen MR) is 55.6 cm³/mol. The number of alkyl halides is 1. The van der Waals surface area contributed by atoms with Crippen molar-refractivity contribution in [1.29, 1.82) is 5.26 Å². The molecule has 1 aliphatic rings. The van der Waals surface area contributed by atoms with E-state index in [2.05, 4.69) is 4.98 Å². The van der Waals surface area contributed by atoms with E-state index in [9.17, 15) is 4.79 Å². The van der Waals surface area contributed by atoms with E-state index in [1.54, 1.807) is 18.3 Å². The van der Waals surface area contributed by atoms with Gasteiger partial charge in [-0.05, 0) is 12.1 Å². The van der Waals surface area contributed by atoms with E-state index in [0.29, 0.717) is 24.3 Å². The molecule has 0 aromatic carbocycles. The SMILES string of the molecule is N#Cc1cccnc1N1CC(Cl)CC1=O. The van der Waals surface area contributed by atoms with Gasteiger partial charge in [-0.1, -0.05) is 0 Å². The van der Waals surface area contributed by atoms with Crippen LogP contribution >= 0.6 is 11.6 Å². The van der Waals surface area contributed by atoms with Crippen LogP contribution in [-0.4, -0.2) is 22.8 Å². The number of carbonyl (C=O) groups excluding carboxylic acids is 1. The molecule has 1 aliphatic heterocycles. The molecule has 1 saturated heterocycles. The van der Waals surface area contributed by atoms with Crippen molar-refractivity contribution in [3.05, 3.63) is 23.9 Å². The van der Waals surface area contributed by atoms with Gasteiger partial charge in [0.1, 0.15) is 6.07 Å². The molecule has 0 radical (unpaired) electrons. The quantitative estimate of drug-likeness (QED) is 0.672. The number of hydrogen-bond acceptors (Lipinski definition) is 3. The van der Waals surface area contributed by atoms with Crippen LogP contribution in [0.25, 0.3) is 0 Å². The number of carbonyl (C=O) groups is 1. The van der Waals surface area contributed by atoms with Crippen molar-refractivity contribution in [3.63, 3.8) is 0 Å². The average Bonchev–Trinajstić information content (AvgIpc) is 2.57. The fourth-order valence-electron chi connectivity index (χ4n) is 1.57.